The third-order valence-electron chi connectivity index (χ3n) is 5.70. The van der Waals surface area contributed by atoms with Gasteiger partial charge in [-0.1, -0.05) is 37.1 Å². The van der Waals surface area contributed by atoms with Crippen LogP contribution in [-0.4, -0.2) is 18.4 Å². The second-order valence-corrected chi connectivity index (χ2v) is 7.67. The molecule has 1 N–H and O–H groups in total. The minimum absolute atomic E-state index is 0.0194. The number of nitrogens with one attached hydrogen (secondary N) is 1. The highest BCUT2D eigenvalue weighted by atomic mass is 16.2. The maximum atomic E-state index is 13.0. The summed E-state index contributed by atoms with van der Waals surface area (Å²) in [6.45, 7) is 0.709. The summed E-state index contributed by atoms with van der Waals surface area (Å²) in [5.41, 5.74) is 3.57. The summed E-state index contributed by atoms with van der Waals surface area (Å²) in [5, 5.41) is 3.04. The fourth-order valence-electron chi connectivity index (χ4n) is 4.29. The van der Waals surface area contributed by atoms with Gasteiger partial charge in [0.15, 0.2) is 0 Å². The molecule has 4 rings (SSSR count). The quantitative estimate of drug-likeness (QED) is 0.849. The predicted molar refractivity (Wildman–Crippen MR) is 108 cm³/mol. The first-order valence-corrected chi connectivity index (χ1v) is 10.0. The van der Waals surface area contributed by atoms with Crippen LogP contribution in [0.4, 0.5) is 11.4 Å². The van der Waals surface area contributed by atoms with Gasteiger partial charge in [0.2, 0.25) is 5.91 Å². The summed E-state index contributed by atoms with van der Waals surface area (Å²) in [5.74, 6) is 0.628. The summed E-state index contributed by atoms with van der Waals surface area (Å²) >= 11 is 0. The van der Waals surface area contributed by atoms with Crippen molar-refractivity contribution < 1.29 is 9.59 Å². The third-order valence-corrected chi connectivity index (χ3v) is 5.70. The lowest BCUT2D eigenvalue weighted by Gasteiger charge is -2.30. The van der Waals surface area contributed by atoms with E-state index in [0.717, 1.165) is 37.1 Å². The molecule has 0 unspecified atom stereocenters. The van der Waals surface area contributed by atoms with Gasteiger partial charge in [0.1, 0.15) is 0 Å². The Hall–Kier alpha value is -2.62. The Kier molecular flexibility index (Phi) is 5.23. The highest BCUT2D eigenvalue weighted by molar-refractivity contribution is 6.07. The lowest BCUT2D eigenvalue weighted by Crippen LogP contribution is -2.35. The summed E-state index contributed by atoms with van der Waals surface area (Å²) in [7, 11) is 0. The highest BCUT2D eigenvalue weighted by Gasteiger charge is 2.24. The zero-order valence-corrected chi connectivity index (χ0v) is 15.6. The first kappa shape index (κ1) is 17.8. The molecule has 1 aliphatic heterocycles. The number of amides is 2. The van der Waals surface area contributed by atoms with E-state index in [1.165, 1.54) is 18.4 Å². The van der Waals surface area contributed by atoms with Gasteiger partial charge in [-0.2, -0.15) is 0 Å². The minimum atomic E-state index is 0.0194. The van der Waals surface area contributed by atoms with E-state index in [1.807, 2.05) is 53.4 Å². The van der Waals surface area contributed by atoms with Crippen molar-refractivity contribution in [2.45, 2.75) is 44.9 Å². The molecule has 27 heavy (non-hydrogen) atoms. The molecule has 0 spiro atoms. The van der Waals surface area contributed by atoms with E-state index in [1.54, 1.807) is 0 Å². The molecule has 0 aromatic heterocycles. The van der Waals surface area contributed by atoms with Crippen LogP contribution in [0, 0.1) is 5.92 Å². The molecule has 2 aliphatic rings. The molecule has 0 saturated heterocycles. The number of rotatable bonds is 4. The van der Waals surface area contributed by atoms with Crippen LogP contribution >= 0.6 is 0 Å². The van der Waals surface area contributed by atoms with Crippen molar-refractivity contribution in [2.24, 2.45) is 5.92 Å². The van der Waals surface area contributed by atoms with Crippen molar-refractivity contribution in [3.05, 3.63) is 59.7 Å². The van der Waals surface area contributed by atoms with Crippen LogP contribution in [-0.2, 0) is 11.2 Å². The Morgan fingerprint density at radius 1 is 1.00 bits per heavy atom. The first-order valence-electron chi connectivity index (χ1n) is 10.0. The SMILES string of the molecule is O=C(CC1CCCC1)Nc1ccc2c(c1)N(C(=O)c1ccccc1)CCC2. The van der Waals surface area contributed by atoms with Crippen LogP contribution in [0.5, 0.6) is 0 Å². The van der Waals surface area contributed by atoms with E-state index < -0.39 is 0 Å². The lowest BCUT2D eigenvalue weighted by molar-refractivity contribution is -0.117. The van der Waals surface area contributed by atoms with Crippen LogP contribution in [0.2, 0.25) is 0 Å². The largest absolute Gasteiger partial charge is 0.326 e. The molecule has 2 aromatic rings. The van der Waals surface area contributed by atoms with E-state index in [9.17, 15) is 9.59 Å². The smallest absolute Gasteiger partial charge is 0.258 e. The number of anilines is 2. The number of hydrogen-bond acceptors (Lipinski definition) is 2. The van der Waals surface area contributed by atoms with Crippen molar-refractivity contribution in [1.29, 1.82) is 0 Å². The number of carbonyl (C=O) groups excluding carboxylic acids is 2. The van der Waals surface area contributed by atoms with Gasteiger partial charge in [0.25, 0.3) is 5.91 Å². The molecule has 4 nitrogen and oxygen atoms in total. The molecule has 140 valence electrons. The van der Waals surface area contributed by atoms with Crippen LogP contribution in [0.1, 0.15) is 54.4 Å². The predicted octanol–water partition coefficient (Wildman–Crippen LogP) is 4.80. The summed E-state index contributed by atoms with van der Waals surface area (Å²) in [6.07, 6.45) is 7.33. The summed E-state index contributed by atoms with van der Waals surface area (Å²) in [6, 6.07) is 15.4. The van der Waals surface area contributed by atoms with E-state index in [-0.39, 0.29) is 11.8 Å². The lowest BCUT2D eigenvalue weighted by atomic mass is 9.99. The van der Waals surface area contributed by atoms with Crippen LogP contribution < -0.4 is 10.2 Å². The molecule has 1 aliphatic carbocycles. The number of benzene rings is 2. The van der Waals surface area contributed by atoms with E-state index in [2.05, 4.69) is 5.32 Å². The molecule has 1 fully saturated rings. The van der Waals surface area contributed by atoms with E-state index >= 15 is 0 Å². The van der Waals surface area contributed by atoms with Gasteiger partial charge in [-0.05, 0) is 61.4 Å². The van der Waals surface area contributed by atoms with Gasteiger partial charge in [0, 0.05) is 29.9 Å². The number of carbonyl (C=O) groups is 2. The minimum Gasteiger partial charge on any atom is -0.326 e. The average molecular weight is 362 g/mol. The maximum Gasteiger partial charge on any atom is 0.258 e. The second-order valence-electron chi connectivity index (χ2n) is 7.67. The number of hydrogen-bond donors (Lipinski definition) is 1. The van der Waals surface area contributed by atoms with Crippen LogP contribution in [0.15, 0.2) is 48.5 Å². The fourth-order valence-corrected chi connectivity index (χ4v) is 4.29. The Morgan fingerprint density at radius 2 is 1.78 bits per heavy atom. The van der Waals surface area contributed by atoms with Crippen LogP contribution in [0.3, 0.4) is 0 Å². The van der Waals surface area contributed by atoms with Crippen molar-refractivity contribution in [1.82, 2.24) is 0 Å². The Bertz CT molecular complexity index is 826. The van der Waals surface area contributed by atoms with Gasteiger partial charge < -0.3 is 10.2 Å². The summed E-state index contributed by atoms with van der Waals surface area (Å²) < 4.78 is 0. The Balaban J connectivity index is 1.52. The van der Waals surface area contributed by atoms with E-state index in [0.29, 0.717) is 24.4 Å². The zero-order chi connectivity index (χ0) is 18.6. The van der Waals surface area contributed by atoms with Crippen molar-refractivity contribution in [2.75, 3.05) is 16.8 Å². The van der Waals surface area contributed by atoms with Gasteiger partial charge in [-0.3, -0.25) is 9.59 Å². The number of nitrogens with zero attached hydrogens (tertiary/aromatic N) is 1. The molecular formula is C23H26N2O2. The van der Waals surface area contributed by atoms with Gasteiger partial charge in [-0.25, -0.2) is 0 Å². The molecular weight excluding hydrogens is 336 g/mol. The second kappa shape index (κ2) is 7.95. The van der Waals surface area contributed by atoms with Gasteiger partial charge >= 0.3 is 0 Å². The molecule has 1 heterocycles. The number of fused-ring (bicyclic) bond motifs is 1. The molecule has 1 saturated carbocycles. The first-order chi connectivity index (χ1) is 13.2. The molecule has 4 heteroatoms. The van der Waals surface area contributed by atoms with Crippen LogP contribution in [0.25, 0.3) is 0 Å². The Labute approximate surface area is 160 Å². The number of aryl methyl sites for hydroxylation is 1. The van der Waals surface area contributed by atoms with Gasteiger partial charge in [0.05, 0.1) is 0 Å². The fraction of sp³-hybridized carbons (Fsp3) is 0.391. The van der Waals surface area contributed by atoms with Crippen molar-refractivity contribution in [3.63, 3.8) is 0 Å². The van der Waals surface area contributed by atoms with Crippen molar-refractivity contribution in [3.8, 4) is 0 Å². The standard InChI is InChI=1S/C23H26N2O2/c26-22(15-17-7-4-5-8-17)24-20-13-12-18-11-6-14-25(21(18)16-20)23(27)19-9-2-1-3-10-19/h1-3,9-10,12-13,16-17H,4-8,11,14-15H2,(H,24,26). The van der Waals surface area contributed by atoms with E-state index in [4.69, 9.17) is 0 Å². The average Bonchev–Trinajstić information content (AvgIpc) is 3.20. The third kappa shape index (κ3) is 4.05. The maximum absolute atomic E-state index is 13.0. The zero-order valence-electron chi connectivity index (χ0n) is 15.6. The Morgan fingerprint density at radius 3 is 2.56 bits per heavy atom. The summed E-state index contributed by atoms with van der Waals surface area (Å²) in [4.78, 5) is 27.2. The topological polar surface area (TPSA) is 49.4 Å². The molecule has 0 radical (unpaired) electrons. The highest BCUT2D eigenvalue weighted by Crippen LogP contribution is 2.32. The van der Waals surface area contributed by atoms with Gasteiger partial charge in [-0.15, -0.1) is 0 Å². The molecule has 0 atom stereocenters. The monoisotopic (exact) mass is 362 g/mol. The molecule has 2 aromatic carbocycles. The molecule has 0 bridgehead atoms. The molecule has 2 amide bonds. The normalized spacial score (nSPS) is 16.8. The van der Waals surface area contributed by atoms with Crippen molar-refractivity contribution >= 4 is 23.2 Å².